The molecule has 0 atom stereocenters. The lowest BCUT2D eigenvalue weighted by Crippen LogP contribution is -2.39. The maximum atomic E-state index is 9.10. The van der Waals surface area contributed by atoms with Crippen LogP contribution in [0.1, 0.15) is 37.3 Å². The molecule has 0 aliphatic carbocycles. The standard InChI is InChI=1S/C20H24N6/c1-20(4-7-22-8-5-20)16-12-18(25-19(13-16)26-9-2-10-26)24-17-11-15(14-21)3-6-23-17/h3,6,11-13,22H,2,4-5,7-10H2,1H3,(H,23,24,25). The summed E-state index contributed by atoms with van der Waals surface area (Å²) in [4.78, 5) is 11.5. The first kappa shape index (κ1) is 16.8. The summed E-state index contributed by atoms with van der Waals surface area (Å²) < 4.78 is 0. The molecule has 0 aromatic carbocycles. The van der Waals surface area contributed by atoms with Crippen LogP contribution in [0.25, 0.3) is 0 Å². The fourth-order valence-corrected chi connectivity index (χ4v) is 3.60. The molecule has 26 heavy (non-hydrogen) atoms. The Morgan fingerprint density at radius 3 is 2.69 bits per heavy atom. The topological polar surface area (TPSA) is 76.9 Å². The van der Waals surface area contributed by atoms with E-state index in [1.807, 2.05) is 0 Å². The van der Waals surface area contributed by atoms with E-state index in [0.717, 1.165) is 50.7 Å². The van der Waals surface area contributed by atoms with Gasteiger partial charge in [-0.05, 0) is 67.6 Å². The predicted molar refractivity (Wildman–Crippen MR) is 103 cm³/mol. The lowest BCUT2D eigenvalue weighted by Gasteiger charge is -2.37. The van der Waals surface area contributed by atoms with E-state index in [1.54, 1.807) is 18.3 Å². The summed E-state index contributed by atoms with van der Waals surface area (Å²) in [6.45, 7) is 6.58. The van der Waals surface area contributed by atoms with Gasteiger partial charge in [-0.2, -0.15) is 5.26 Å². The Bertz CT molecular complexity index is 830. The molecule has 0 bridgehead atoms. The van der Waals surface area contributed by atoms with Gasteiger partial charge < -0.3 is 15.5 Å². The summed E-state index contributed by atoms with van der Waals surface area (Å²) in [5, 5.41) is 15.9. The van der Waals surface area contributed by atoms with Crippen LogP contribution in [0.2, 0.25) is 0 Å². The van der Waals surface area contributed by atoms with Crippen molar-refractivity contribution >= 4 is 17.5 Å². The highest BCUT2D eigenvalue weighted by Crippen LogP contribution is 2.36. The van der Waals surface area contributed by atoms with Gasteiger partial charge in [-0.1, -0.05) is 6.92 Å². The van der Waals surface area contributed by atoms with Crippen molar-refractivity contribution < 1.29 is 0 Å². The summed E-state index contributed by atoms with van der Waals surface area (Å²) in [5.74, 6) is 2.48. The monoisotopic (exact) mass is 348 g/mol. The van der Waals surface area contributed by atoms with Gasteiger partial charge in [-0.25, -0.2) is 9.97 Å². The molecule has 2 aliphatic heterocycles. The van der Waals surface area contributed by atoms with Gasteiger partial charge in [0.1, 0.15) is 17.5 Å². The second-order valence-corrected chi connectivity index (χ2v) is 7.42. The van der Waals surface area contributed by atoms with Crippen LogP contribution in [0.5, 0.6) is 0 Å². The Morgan fingerprint density at radius 2 is 2.00 bits per heavy atom. The smallest absolute Gasteiger partial charge is 0.134 e. The van der Waals surface area contributed by atoms with Crippen molar-refractivity contribution in [2.45, 2.75) is 31.6 Å². The minimum atomic E-state index is 0.159. The summed E-state index contributed by atoms with van der Waals surface area (Å²) >= 11 is 0. The van der Waals surface area contributed by atoms with Crippen LogP contribution in [-0.2, 0) is 5.41 Å². The first-order chi connectivity index (χ1) is 12.7. The zero-order chi connectivity index (χ0) is 18.0. The number of nitriles is 1. The van der Waals surface area contributed by atoms with Crippen molar-refractivity contribution in [1.82, 2.24) is 15.3 Å². The first-order valence-corrected chi connectivity index (χ1v) is 9.28. The van der Waals surface area contributed by atoms with E-state index in [4.69, 9.17) is 10.2 Å². The molecule has 0 unspecified atom stereocenters. The average Bonchev–Trinajstić information content (AvgIpc) is 2.61. The molecular weight excluding hydrogens is 324 g/mol. The van der Waals surface area contributed by atoms with Gasteiger partial charge in [-0.15, -0.1) is 0 Å². The van der Waals surface area contributed by atoms with Gasteiger partial charge in [0.15, 0.2) is 0 Å². The highest BCUT2D eigenvalue weighted by Gasteiger charge is 2.30. The highest BCUT2D eigenvalue weighted by molar-refractivity contribution is 5.59. The molecule has 4 rings (SSSR count). The molecule has 4 heterocycles. The van der Waals surface area contributed by atoms with Crippen molar-refractivity contribution in [3.63, 3.8) is 0 Å². The van der Waals surface area contributed by atoms with Crippen molar-refractivity contribution in [2.75, 3.05) is 36.4 Å². The maximum Gasteiger partial charge on any atom is 0.134 e. The van der Waals surface area contributed by atoms with E-state index < -0.39 is 0 Å². The van der Waals surface area contributed by atoms with Crippen LogP contribution in [-0.4, -0.2) is 36.1 Å². The molecule has 0 radical (unpaired) electrons. The van der Waals surface area contributed by atoms with Crippen LogP contribution in [0.4, 0.5) is 17.5 Å². The number of nitrogens with zero attached hydrogens (tertiary/aromatic N) is 4. The summed E-state index contributed by atoms with van der Waals surface area (Å²) in [6.07, 6.45) is 5.12. The van der Waals surface area contributed by atoms with Crippen LogP contribution < -0.4 is 15.5 Å². The molecule has 2 fully saturated rings. The molecule has 2 aromatic heterocycles. The van der Waals surface area contributed by atoms with Crippen LogP contribution in [0.3, 0.4) is 0 Å². The first-order valence-electron chi connectivity index (χ1n) is 9.28. The number of hydrogen-bond acceptors (Lipinski definition) is 6. The Labute approximate surface area is 154 Å². The Hall–Kier alpha value is -2.65. The minimum absolute atomic E-state index is 0.159. The average molecular weight is 348 g/mol. The van der Waals surface area contributed by atoms with E-state index in [2.05, 4.69) is 45.6 Å². The van der Waals surface area contributed by atoms with Crippen molar-refractivity contribution in [2.24, 2.45) is 0 Å². The quantitative estimate of drug-likeness (QED) is 0.885. The molecule has 2 N–H and O–H groups in total. The summed E-state index contributed by atoms with van der Waals surface area (Å²) in [5.41, 5.74) is 2.08. The number of piperidine rings is 1. The van der Waals surface area contributed by atoms with E-state index in [0.29, 0.717) is 11.4 Å². The number of hydrogen-bond donors (Lipinski definition) is 2. The van der Waals surface area contributed by atoms with E-state index >= 15 is 0 Å². The normalized spacial score (nSPS) is 18.7. The molecule has 6 nitrogen and oxygen atoms in total. The zero-order valence-electron chi connectivity index (χ0n) is 15.1. The van der Waals surface area contributed by atoms with Crippen molar-refractivity contribution in [3.8, 4) is 6.07 Å². The third-order valence-corrected chi connectivity index (χ3v) is 5.54. The highest BCUT2D eigenvalue weighted by atomic mass is 15.2. The Morgan fingerprint density at radius 1 is 1.19 bits per heavy atom. The Kier molecular flexibility index (Phi) is 4.48. The molecule has 2 aliphatic rings. The van der Waals surface area contributed by atoms with Gasteiger partial charge in [0, 0.05) is 19.3 Å². The van der Waals surface area contributed by atoms with E-state index in [9.17, 15) is 0 Å². The van der Waals surface area contributed by atoms with E-state index in [-0.39, 0.29) is 5.41 Å². The van der Waals surface area contributed by atoms with Gasteiger partial charge in [0.2, 0.25) is 0 Å². The summed E-state index contributed by atoms with van der Waals surface area (Å²) in [6, 6.07) is 10.0. The molecule has 6 heteroatoms. The minimum Gasteiger partial charge on any atom is -0.356 e. The number of nitrogens with one attached hydrogen (secondary N) is 2. The van der Waals surface area contributed by atoms with Crippen LogP contribution >= 0.6 is 0 Å². The predicted octanol–water partition coefficient (Wildman–Crippen LogP) is 2.94. The third-order valence-electron chi connectivity index (χ3n) is 5.54. The zero-order valence-corrected chi connectivity index (χ0v) is 15.1. The number of pyridine rings is 2. The van der Waals surface area contributed by atoms with Gasteiger partial charge in [-0.3, -0.25) is 0 Å². The second-order valence-electron chi connectivity index (χ2n) is 7.42. The molecule has 0 saturated carbocycles. The van der Waals surface area contributed by atoms with Crippen molar-refractivity contribution in [1.29, 1.82) is 5.26 Å². The van der Waals surface area contributed by atoms with Crippen molar-refractivity contribution in [3.05, 3.63) is 41.6 Å². The van der Waals surface area contributed by atoms with Gasteiger partial charge >= 0.3 is 0 Å². The van der Waals surface area contributed by atoms with Crippen LogP contribution in [0, 0.1) is 11.3 Å². The Balaban J connectivity index is 1.68. The molecule has 2 aromatic rings. The number of rotatable bonds is 4. The number of aromatic nitrogens is 2. The molecule has 2 saturated heterocycles. The largest absolute Gasteiger partial charge is 0.356 e. The summed E-state index contributed by atoms with van der Waals surface area (Å²) in [7, 11) is 0. The SMILES string of the molecule is CC1(c2cc(Nc3cc(C#N)ccn3)nc(N3CCC3)c2)CCNCC1. The fourth-order valence-electron chi connectivity index (χ4n) is 3.60. The number of anilines is 3. The van der Waals surface area contributed by atoms with Gasteiger partial charge in [0.05, 0.1) is 11.6 Å². The van der Waals surface area contributed by atoms with Crippen LogP contribution in [0.15, 0.2) is 30.5 Å². The lowest BCUT2D eigenvalue weighted by molar-refractivity contribution is 0.335. The second kappa shape index (κ2) is 6.93. The van der Waals surface area contributed by atoms with Gasteiger partial charge in [0.25, 0.3) is 0 Å². The van der Waals surface area contributed by atoms with E-state index in [1.165, 1.54) is 12.0 Å². The maximum absolute atomic E-state index is 9.10. The molecule has 0 amide bonds. The molecule has 0 spiro atoms. The third kappa shape index (κ3) is 3.35. The fraction of sp³-hybridized carbons (Fsp3) is 0.450. The lowest BCUT2D eigenvalue weighted by atomic mass is 9.75. The molecule has 134 valence electrons. The molecular formula is C20H24N6.